The van der Waals surface area contributed by atoms with Gasteiger partial charge in [-0.25, -0.2) is 0 Å². The zero-order valence-electron chi connectivity index (χ0n) is 8.07. The molecule has 1 saturated heterocycles. The van der Waals surface area contributed by atoms with E-state index in [0.717, 1.165) is 10.5 Å². The molecule has 2 rings (SSSR count). The van der Waals surface area contributed by atoms with Crippen LogP contribution in [0.1, 0.15) is 37.0 Å². The van der Waals surface area contributed by atoms with E-state index < -0.39 is 0 Å². The lowest BCUT2D eigenvalue weighted by Crippen LogP contribution is -1.91. The Morgan fingerprint density at radius 1 is 1.23 bits per heavy atom. The second-order valence-electron chi connectivity index (χ2n) is 3.64. The van der Waals surface area contributed by atoms with Crippen LogP contribution in [0, 0.1) is 0 Å². The molecule has 0 N–H and O–H groups in total. The molecule has 1 fully saturated rings. The summed E-state index contributed by atoms with van der Waals surface area (Å²) in [7, 11) is 0. The highest BCUT2D eigenvalue weighted by Crippen LogP contribution is 2.45. The van der Waals surface area contributed by atoms with Crippen LogP contribution in [0.3, 0.4) is 0 Å². The summed E-state index contributed by atoms with van der Waals surface area (Å²) < 4.78 is 0. The van der Waals surface area contributed by atoms with Crippen LogP contribution >= 0.6 is 11.8 Å². The molecular formula is C12H16S. The van der Waals surface area contributed by atoms with Gasteiger partial charge in [-0.1, -0.05) is 37.3 Å². The molecule has 1 aromatic carbocycles. The van der Waals surface area contributed by atoms with Crippen molar-refractivity contribution in [2.75, 3.05) is 0 Å². The van der Waals surface area contributed by atoms with Crippen LogP contribution in [0.25, 0.3) is 0 Å². The average molecular weight is 192 g/mol. The molecule has 70 valence electrons. The Morgan fingerprint density at radius 2 is 2.00 bits per heavy atom. The van der Waals surface area contributed by atoms with E-state index >= 15 is 0 Å². The summed E-state index contributed by atoms with van der Waals surface area (Å²) in [4.78, 5) is 0. The maximum Gasteiger partial charge on any atom is 0.0300 e. The molecule has 0 radical (unpaired) electrons. The molecule has 0 spiro atoms. The van der Waals surface area contributed by atoms with Crippen molar-refractivity contribution in [2.45, 2.75) is 36.7 Å². The minimum absolute atomic E-state index is 0.770. The van der Waals surface area contributed by atoms with Crippen molar-refractivity contribution in [1.29, 1.82) is 0 Å². The molecule has 0 nitrogen and oxygen atoms in total. The van der Waals surface area contributed by atoms with Gasteiger partial charge >= 0.3 is 0 Å². The first-order valence-electron chi connectivity index (χ1n) is 5.10. The first-order chi connectivity index (χ1) is 6.40. The van der Waals surface area contributed by atoms with Crippen molar-refractivity contribution in [1.82, 2.24) is 0 Å². The van der Waals surface area contributed by atoms with Crippen molar-refractivity contribution in [3.05, 3.63) is 35.9 Å². The standard InChI is InChI=1S/C12H16S/c1-2-11-8-9-12(13-11)10-6-4-3-5-7-10/h3-7,11-12H,2,8-9H2,1H3. The maximum atomic E-state index is 2.30. The van der Waals surface area contributed by atoms with Crippen molar-refractivity contribution in [3.63, 3.8) is 0 Å². The fourth-order valence-corrected chi connectivity index (χ4v) is 3.43. The molecule has 0 aliphatic carbocycles. The second-order valence-corrected chi connectivity index (χ2v) is 5.15. The SMILES string of the molecule is CCC1CCC(c2ccccc2)S1. The van der Waals surface area contributed by atoms with Gasteiger partial charge in [-0.05, 0) is 24.8 Å². The van der Waals surface area contributed by atoms with E-state index in [1.165, 1.54) is 24.8 Å². The molecule has 0 amide bonds. The summed E-state index contributed by atoms with van der Waals surface area (Å²) in [5, 5.41) is 1.68. The monoisotopic (exact) mass is 192 g/mol. The lowest BCUT2D eigenvalue weighted by Gasteiger charge is -2.09. The Hall–Kier alpha value is -0.430. The van der Waals surface area contributed by atoms with E-state index in [1.807, 2.05) is 0 Å². The van der Waals surface area contributed by atoms with Crippen LogP contribution in [0.2, 0.25) is 0 Å². The van der Waals surface area contributed by atoms with Gasteiger partial charge < -0.3 is 0 Å². The molecule has 13 heavy (non-hydrogen) atoms. The molecule has 2 atom stereocenters. The third-order valence-corrected chi connectivity index (χ3v) is 4.52. The number of rotatable bonds is 2. The van der Waals surface area contributed by atoms with Gasteiger partial charge in [0, 0.05) is 10.5 Å². The van der Waals surface area contributed by atoms with Crippen LogP contribution in [0.5, 0.6) is 0 Å². The minimum atomic E-state index is 0.770. The average Bonchev–Trinajstić information content (AvgIpc) is 2.67. The lowest BCUT2D eigenvalue weighted by molar-refractivity contribution is 0.723. The van der Waals surface area contributed by atoms with Crippen molar-refractivity contribution < 1.29 is 0 Å². The van der Waals surface area contributed by atoms with Crippen molar-refractivity contribution in [3.8, 4) is 0 Å². The number of hydrogen-bond donors (Lipinski definition) is 0. The quantitative estimate of drug-likeness (QED) is 0.681. The molecule has 1 heterocycles. The summed E-state index contributed by atoms with van der Waals surface area (Å²) in [5.74, 6) is 0. The van der Waals surface area contributed by atoms with Gasteiger partial charge in [-0.2, -0.15) is 11.8 Å². The molecule has 1 aliphatic rings. The van der Waals surface area contributed by atoms with Crippen LogP contribution in [-0.4, -0.2) is 5.25 Å². The Labute approximate surface area is 84.7 Å². The lowest BCUT2D eigenvalue weighted by atomic mass is 10.1. The van der Waals surface area contributed by atoms with Crippen molar-refractivity contribution in [2.24, 2.45) is 0 Å². The number of thioether (sulfide) groups is 1. The smallest absolute Gasteiger partial charge is 0.0300 e. The summed E-state index contributed by atoms with van der Waals surface area (Å²) in [6.45, 7) is 2.30. The van der Waals surface area contributed by atoms with Crippen LogP contribution < -0.4 is 0 Å². The minimum Gasteiger partial charge on any atom is -0.150 e. The fourth-order valence-electron chi connectivity index (χ4n) is 1.92. The molecule has 0 saturated carbocycles. The van der Waals surface area contributed by atoms with E-state index in [-0.39, 0.29) is 0 Å². The summed E-state index contributed by atoms with van der Waals surface area (Å²) >= 11 is 2.16. The molecule has 2 unspecified atom stereocenters. The third kappa shape index (κ3) is 2.08. The third-order valence-electron chi connectivity index (χ3n) is 2.73. The van der Waals surface area contributed by atoms with Gasteiger partial charge in [-0.3, -0.25) is 0 Å². The first-order valence-corrected chi connectivity index (χ1v) is 6.05. The normalized spacial score (nSPS) is 27.8. The van der Waals surface area contributed by atoms with E-state index in [1.54, 1.807) is 0 Å². The highest BCUT2D eigenvalue weighted by atomic mass is 32.2. The molecule has 1 heteroatoms. The number of benzene rings is 1. The van der Waals surface area contributed by atoms with Gasteiger partial charge in [0.2, 0.25) is 0 Å². The number of hydrogen-bond acceptors (Lipinski definition) is 1. The second kappa shape index (κ2) is 4.19. The topological polar surface area (TPSA) is 0 Å². The fraction of sp³-hybridized carbons (Fsp3) is 0.500. The summed E-state index contributed by atoms with van der Waals surface area (Å²) in [6, 6.07) is 10.9. The van der Waals surface area contributed by atoms with Crippen LogP contribution in [-0.2, 0) is 0 Å². The predicted octanol–water partition coefficient (Wildman–Crippen LogP) is 4.03. The molecule has 0 aromatic heterocycles. The molecule has 1 aromatic rings. The molecule has 0 bridgehead atoms. The highest BCUT2D eigenvalue weighted by molar-refractivity contribution is 8.00. The Morgan fingerprint density at radius 3 is 2.62 bits per heavy atom. The maximum absolute atomic E-state index is 2.30. The van der Waals surface area contributed by atoms with Crippen LogP contribution in [0.4, 0.5) is 0 Å². The summed E-state index contributed by atoms with van der Waals surface area (Å²) in [5.41, 5.74) is 1.52. The van der Waals surface area contributed by atoms with E-state index in [4.69, 9.17) is 0 Å². The zero-order chi connectivity index (χ0) is 9.10. The van der Waals surface area contributed by atoms with Gasteiger partial charge in [-0.15, -0.1) is 0 Å². The Kier molecular flexibility index (Phi) is 2.94. The van der Waals surface area contributed by atoms with E-state index in [9.17, 15) is 0 Å². The predicted molar refractivity (Wildman–Crippen MR) is 60.1 cm³/mol. The van der Waals surface area contributed by atoms with E-state index in [0.29, 0.717) is 0 Å². The molecule has 1 aliphatic heterocycles. The Balaban J connectivity index is 2.04. The van der Waals surface area contributed by atoms with Gasteiger partial charge in [0.15, 0.2) is 0 Å². The highest BCUT2D eigenvalue weighted by Gasteiger charge is 2.24. The largest absolute Gasteiger partial charge is 0.150 e. The summed E-state index contributed by atoms with van der Waals surface area (Å²) in [6.07, 6.45) is 4.10. The zero-order valence-corrected chi connectivity index (χ0v) is 8.89. The molecular weight excluding hydrogens is 176 g/mol. The van der Waals surface area contributed by atoms with E-state index in [2.05, 4.69) is 49.0 Å². The first kappa shape index (κ1) is 9.14. The van der Waals surface area contributed by atoms with Gasteiger partial charge in [0.05, 0.1) is 0 Å². The van der Waals surface area contributed by atoms with Gasteiger partial charge in [0.25, 0.3) is 0 Å². The Bertz CT molecular complexity index is 255. The van der Waals surface area contributed by atoms with Gasteiger partial charge in [0.1, 0.15) is 0 Å². The van der Waals surface area contributed by atoms with Crippen LogP contribution in [0.15, 0.2) is 30.3 Å². The van der Waals surface area contributed by atoms with Crippen molar-refractivity contribution >= 4 is 11.8 Å².